The average Bonchev–Trinajstić information content (AvgIpc) is 2.86. The van der Waals surface area contributed by atoms with Crippen LogP contribution in [0.5, 0.6) is 0 Å². The Hall–Kier alpha value is -0.430. The van der Waals surface area contributed by atoms with E-state index in [1.54, 1.807) is 13.1 Å². The van der Waals surface area contributed by atoms with Gasteiger partial charge in [0.2, 0.25) is 10.0 Å². The third-order valence-electron chi connectivity index (χ3n) is 3.35. The van der Waals surface area contributed by atoms with Crippen LogP contribution in [0, 0.1) is 0 Å². The summed E-state index contributed by atoms with van der Waals surface area (Å²) in [6, 6.07) is 1.78. The first-order chi connectivity index (χ1) is 8.98. The van der Waals surface area contributed by atoms with Crippen LogP contribution < -0.4 is 5.32 Å². The molecule has 0 radical (unpaired) electrons. The third kappa shape index (κ3) is 3.78. The zero-order valence-electron chi connectivity index (χ0n) is 12.1. The van der Waals surface area contributed by atoms with Gasteiger partial charge >= 0.3 is 0 Å². The molecular weight excluding hydrogens is 280 g/mol. The summed E-state index contributed by atoms with van der Waals surface area (Å²) in [5.41, 5.74) is 0. The Morgan fingerprint density at radius 1 is 1.32 bits per heavy atom. The number of hydrogen-bond acceptors (Lipinski definition) is 4. The highest BCUT2D eigenvalue weighted by Gasteiger charge is 2.28. The van der Waals surface area contributed by atoms with E-state index in [2.05, 4.69) is 5.32 Å². The van der Waals surface area contributed by atoms with E-state index in [9.17, 15) is 8.42 Å². The summed E-state index contributed by atoms with van der Waals surface area (Å²) in [6.45, 7) is 7.50. The van der Waals surface area contributed by atoms with Crippen molar-refractivity contribution in [3.8, 4) is 0 Å². The van der Waals surface area contributed by atoms with Crippen LogP contribution in [0.2, 0.25) is 0 Å². The number of sulfonamides is 1. The molecule has 0 aliphatic heterocycles. The highest BCUT2D eigenvalue weighted by Crippen LogP contribution is 2.26. The van der Waals surface area contributed by atoms with Crippen molar-refractivity contribution in [2.24, 2.45) is 0 Å². The second-order valence-electron chi connectivity index (χ2n) is 4.48. The molecule has 0 atom stereocenters. The maximum absolute atomic E-state index is 12.6. The fraction of sp³-hybridized carbons (Fsp3) is 0.692. The Morgan fingerprint density at radius 3 is 2.47 bits per heavy atom. The molecule has 0 amide bonds. The van der Waals surface area contributed by atoms with Gasteiger partial charge in [0.1, 0.15) is 0 Å². The summed E-state index contributed by atoms with van der Waals surface area (Å²) in [6.07, 6.45) is 1.66. The molecule has 0 aliphatic rings. The molecular formula is C13H24N2O2S2. The van der Waals surface area contributed by atoms with Crippen LogP contribution in [0.4, 0.5) is 0 Å². The van der Waals surface area contributed by atoms with Crippen LogP contribution in [0.15, 0.2) is 16.3 Å². The molecule has 1 heterocycles. The predicted octanol–water partition coefficient (Wildman–Crippen LogP) is 2.67. The SMILES string of the molecule is CCNCc1sccc1S(=O)(=O)N(C)C(CC)CC. The van der Waals surface area contributed by atoms with Crippen LogP contribution in [0.25, 0.3) is 0 Å². The number of nitrogens with zero attached hydrogens (tertiary/aromatic N) is 1. The minimum absolute atomic E-state index is 0.0666. The van der Waals surface area contributed by atoms with Gasteiger partial charge in [0, 0.05) is 24.5 Å². The van der Waals surface area contributed by atoms with Gasteiger partial charge in [-0.1, -0.05) is 20.8 Å². The van der Waals surface area contributed by atoms with E-state index in [-0.39, 0.29) is 6.04 Å². The summed E-state index contributed by atoms with van der Waals surface area (Å²) in [5.74, 6) is 0. The Kier molecular flexibility index (Phi) is 6.46. The van der Waals surface area contributed by atoms with Crippen LogP contribution >= 0.6 is 11.3 Å². The minimum atomic E-state index is -3.38. The van der Waals surface area contributed by atoms with Gasteiger partial charge in [0.25, 0.3) is 0 Å². The van der Waals surface area contributed by atoms with E-state index in [1.165, 1.54) is 15.6 Å². The number of rotatable bonds is 8. The zero-order chi connectivity index (χ0) is 14.5. The molecule has 0 aromatic carbocycles. The summed E-state index contributed by atoms with van der Waals surface area (Å²) in [4.78, 5) is 1.34. The van der Waals surface area contributed by atoms with Gasteiger partial charge in [-0.3, -0.25) is 0 Å². The fourth-order valence-electron chi connectivity index (χ4n) is 2.08. The predicted molar refractivity (Wildman–Crippen MR) is 81.0 cm³/mol. The zero-order valence-corrected chi connectivity index (χ0v) is 13.8. The Labute approximate surface area is 120 Å². The van der Waals surface area contributed by atoms with Crippen molar-refractivity contribution in [1.82, 2.24) is 9.62 Å². The fourth-order valence-corrected chi connectivity index (χ4v) is 4.97. The normalized spacial score (nSPS) is 12.5. The van der Waals surface area contributed by atoms with Crippen molar-refractivity contribution in [3.05, 3.63) is 16.3 Å². The molecule has 0 bridgehead atoms. The van der Waals surface area contributed by atoms with Crippen molar-refractivity contribution in [2.75, 3.05) is 13.6 Å². The number of thiophene rings is 1. The van der Waals surface area contributed by atoms with Crippen molar-refractivity contribution in [3.63, 3.8) is 0 Å². The van der Waals surface area contributed by atoms with E-state index in [0.29, 0.717) is 11.4 Å². The number of nitrogens with one attached hydrogen (secondary N) is 1. The molecule has 4 nitrogen and oxygen atoms in total. The molecule has 0 unspecified atom stereocenters. The average molecular weight is 304 g/mol. The second kappa shape index (κ2) is 7.38. The van der Waals surface area contributed by atoms with Crippen LogP contribution in [-0.2, 0) is 16.6 Å². The largest absolute Gasteiger partial charge is 0.312 e. The van der Waals surface area contributed by atoms with Gasteiger partial charge in [0.15, 0.2) is 0 Å². The van der Waals surface area contributed by atoms with Gasteiger partial charge in [0.05, 0.1) is 4.90 Å². The molecule has 0 aliphatic carbocycles. The molecule has 19 heavy (non-hydrogen) atoms. The molecule has 0 saturated heterocycles. The van der Waals surface area contributed by atoms with E-state index in [1.807, 2.05) is 26.2 Å². The van der Waals surface area contributed by atoms with Gasteiger partial charge < -0.3 is 5.32 Å². The molecule has 0 fully saturated rings. The molecule has 1 aromatic rings. The monoisotopic (exact) mass is 304 g/mol. The lowest BCUT2D eigenvalue weighted by Crippen LogP contribution is -2.36. The molecule has 1 aromatic heterocycles. The molecule has 1 rings (SSSR count). The van der Waals surface area contributed by atoms with Gasteiger partial charge in [-0.25, -0.2) is 8.42 Å². The lowest BCUT2D eigenvalue weighted by atomic mass is 10.2. The first-order valence-electron chi connectivity index (χ1n) is 6.74. The Bertz CT molecular complexity index is 479. The number of hydrogen-bond donors (Lipinski definition) is 1. The molecule has 110 valence electrons. The van der Waals surface area contributed by atoms with Crippen LogP contribution in [0.1, 0.15) is 38.5 Å². The quantitative estimate of drug-likeness (QED) is 0.803. The summed E-state index contributed by atoms with van der Waals surface area (Å²) >= 11 is 1.49. The van der Waals surface area contributed by atoms with E-state index in [4.69, 9.17) is 0 Å². The van der Waals surface area contributed by atoms with Crippen LogP contribution in [-0.4, -0.2) is 32.4 Å². The second-order valence-corrected chi connectivity index (χ2v) is 7.45. The van der Waals surface area contributed by atoms with E-state index >= 15 is 0 Å². The van der Waals surface area contributed by atoms with Crippen molar-refractivity contribution in [2.45, 2.75) is 51.1 Å². The lowest BCUT2D eigenvalue weighted by molar-refractivity contribution is 0.349. The van der Waals surface area contributed by atoms with E-state index in [0.717, 1.165) is 24.3 Å². The first kappa shape index (κ1) is 16.6. The highest BCUT2D eigenvalue weighted by molar-refractivity contribution is 7.89. The van der Waals surface area contributed by atoms with E-state index < -0.39 is 10.0 Å². The van der Waals surface area contributed by atoms with Gasteiger partial charge in [-0.2, -0.15) is 4.31 Å². The maximum atomic E-state index is 12.6. The van der Waals surface area contributed by atoms with Crippen molar-refractivity contribution < 1.29 is 8.42 Å². The maximum Gasteiger partial charge on any atom is 0.244 e. The standard InChI is InChI=1S/C13H24N2O2S2/c1-5-11(6-2)15(4)19(16,17)13-8-9-18-12(13)10-14-7-3/h8-9,11,14H,5-7,10H2,1-4H3. The van der Waals surface area contributed by atoms with Crippen molar-refractivity contribution >= 4 is 21.4 Å². The Balaban J connectivity index is 3.03. The minimum Gasteiger partial charge on any atom is -0.312 e. The first-order valence-corrected chi connectivity index (χ1v) is 9.06. The summed E-state index contributed by atoms with van der Waals surface area (Å²) in [7, 11) is -1.69. The molecule has 0 spiro atoms. The summed E-state index contributed by atoms with van der Waals surface area (Å²) < 4.78 is 26.8. The van der Waals surface area contributed by atoms with Gasteiger partial charge in [-0.05, 0) is 30.8 Å². The topological polar surface area (TPSA) is 49.4 Å². The van der Waals surface area contributed by atoms with Gasteiger partial charge in [-0.15, -0.1) is 11.3 Å². The highest BCUT2D eigenvalue weighted by atomic mass is 32.2. The molecule has 6 heteroatoms. The molecule has 0 saturated carbocycles. The third-order valence-corrected chi connectivity index (χ3v) is 6.40. The van der Waals surface area contributed by atoms with Crippen LogP contribution in [0.3, 0.4) is 0 Å². The van der Waals surface area contributed by atoms with Crippen molar-refractivity contribution in [1.29, 1.82) is 0 Å². The Morgan fingerprint density at radius 2 is 1.95 bits per heavy atom. The lowest BCUT2D eigenvalue weighted by Gasteiger charge is -2.25. The smallest absolute Gasteiger partial charge is 0.244 e. The summed E-state index contributed by atoms with van der Waals surface area (Å²) in [5, 5.41) is 5.03. The molecule has 1 N–H and O–H groups in total.